The number of nitrogens with one attached hydrogen (secondary N) is 1. The zero-order chi connectivity index (χ0) is 14.7. The molecule has 0 spiro atoms. The van der Waals surface area contributed by atoms with Crippen molar-refractivity contribution in [2.24, 2.45) is 5.10 Å². The average molecular weight is 283 g/mol. The number of furan rings is 1. The molecule has 0 amide bonds. The van der Waals surface area contributed by atoms with Crippen LogP contribution >= 0.6 is 0 Å². The van der Waals surface area contributed by atoms with Crippen LogP contribution in [0.3, 0.4) is 0 Å². The Morgan fingerprint density at radius 2 is 2.14 bits per heavy atom. The van der Waals surface area contributed by atoms with Gasteiger partial charge in [0.25, 0.3) is 0 Å². The maximum Gasteiger partial charge on any atom is 0.433 e. The molecule has 0 aliphatic carbocycles. The summed E-state index contributed by atoms with van der Waals surface area (Å²) in [6.45, 7) is 0. The van der Waals surface area contributed by atoms with E-state index in [2.05, 4.69) is 20.7 Å². The minimum atomic E-state index is -0.610. The second-order valence-corrected chi connectivity index (χ2v) is 4.08. The Bertz CT molecular complexity index is 822. The molecule has 3 aromatic rings. The zero-order valence-corrected chi connectivity index (χ0v) is 10.6. The Hall–Kier alpha value is -3.29. The molecule has 104 valence electrons. The van der Waals surface area contributed by atoms with Crippen LogP contribution in [0.1, 0.15) is 5.76 Å². The van der Waals surface area contributed by atoms with Gasteiger partial charge in [0.1, 0.15) is 4.92 Å². The van der Waals surface area contributed by atoms with Crippen LogP contribution < -0.4 is 5.43 Å². The van der Waals surface area contributed by atoms with Crippen molar-refractivity contribution in [3.05, 3.63) is 58.5 Å². The van der Waals surface area contributed by atoms with Gasteiger partial charge in [0, 0.05) is 10.8 Å². The predicted octanol–water partition coefficient (Wildman–Crippen LogP) is 2.58. The van der Waals surface area contributed by atoms with E-state index in [1.54, 1.807) is 6.20 Å². The lowest BCUT2D eigenvalue weighted by atomic mass is 10.2. The van der Waals surface area contributed by atoms with Gasteiger partial charge in [0.05, 0.1) is 18.5 Å². The lowest BCUT2D eigenvalue weighted by Crippen LogP contribution is -1.96. The standard InChI is InChI=1S/C13H9N5O3/c19-18(20)12-6-5-10(21-12)8-15-17-13-11-4-2-1-3-9(11)7-14-16-13/h1-8H,(H,16,17)/b15-8+. The lowest BCUT2D eigenvalue weighted by molar-refractivity contribution is -0.402. The van der Waals surface area contributed by atoms with Crippen LogP contribution in [0.5, 0.6) is 0 Å². The number of fused-ring (bicyclic) bond motifs is 1. The predicted molar refractivity (Wildman–Crippen MR) is 76.1 cm³/mol. The number of rotatable bonds is 4. The minimum Gasteiger partial charge on any atom is -0.400 e. The Morgan fingerprint density at radius 3 is 2.95 bits per heavy atom. The summed E-state index contributed by atoms with van der Waals surface area (Å²) in [4.78, 5) is 9.88. The summed E-state index contributed by atoms with van der Waals surface area (Å²) in [6.07, 6.45) is 2.98. The summed E-state index contributed by atoms with van der Waals surface area (Å²) in [5.74, 6) is 0.425. The largest absolute Gasteiger partial charge is 0.433 e. The Balaban J connectivity index is 1.79. The van der Waals surface area contributed by atoms with Gasteiger partial charge in [-0.15, -0.1) is 5.10 Å². The van der Waals surface area contributed by atoms with Crippen LogP contribution in [0, 0.1) is 10.1 Å². The summed E-state index contributed by atoms with van der Waals surface area (Å²) in [5.41, 5.74) is 2.74. The first-order valence-electron chi connectivity index (χ1n) is 5.98. The van der Waals surface area contributed by atoms with Crippen molar-refractivity contribution >= 4 is 28.7 Å². The Labute approximate surface area is 118 Å². The molecule has 0 aliphatic heterocycles. The molecule has 0 bridgehead atoms. The monoisotopic (exact) mass is 283 g/mol. The van der Waals surface area contributed by atoms with E-state index in [0.717, 1.165) is 10.8 Å². The fourth-order valence-electron chi connectivity index (χ4n) is 1.78. The SMILES string of the molecule is O=[N+]([O-])c1ccc(/C=N/Nc2nncc3ccccc23)o1. The normalized spacial score (nSPS) is 11.0. The molecule has 8 nitrogen and oxygen atoms in total. The average Bonchev–Trinajstić information content (AvgIpc) is 2.97. The van der Waals surface area contributed by atoms with E-state index in [-0.39, 0.29) is 11.6 Å². The van der Waals surface area contributed by atoms with Crippen molar-refractivity contribution in [1.82, 2.24) is 10.2 Å². The van der Waals surface area contributed by atoms with Crippen molar-refractivity contribution in [2.75, 3.05) is 5.43 Å². The lowest BCUT2D eigenvalue weighted by Gasteiger charge is -2.02. The third-order valence-electron chi connectivity index (χ3n) is 2.73. The molecule has 2 aromatic heterocycles. The van der Waals surface area contributed by atoms with Crippen LogP contribution in [0.15, 0.2) is 52.1 Å². The van der Waals surface area contributed by atoms with Crippen LogP contribution in [0.2, 0.25) is 0 Å². The summed E-state index contributed by atoms with van der Waals surface area (Å²) in [7, 11) is 0. The molecule has 8 heteroatoms. The molecule has 0 aliphatic rings. The smallest absolute Gasteiger partial charge is 0.400 e. The fraction of sp³-hybridized carbons (Fsp3) is 0. The molecule has 1 aromatic carbocycles. The summed E-state index contributed by atoms with van der Waals surface area (Å²) in [6, 6.07) is 10.3. The first kappa shape index (κ1) is 12.7. The van der Waals surface area contributed by atoms with Gasteiger partial charge in [0.15, 0.2) is 11.6 Å². The third kappa shape index (κ3) is 2.68. The van der Waals surface area contributed by atoms with Crippen molar-refractivity contribution < 1.29 is 9.34 Å². The highest BCUT2D eigenvalue weighted by atomic mass is 16.6. The molecule has 0 radical (unpaired) electrons. The molecule has 21 heavy (non-hydrogen) atoms. The molecule has 2 heterocycles. The number of nitro groups is 1. The van der Waals surface area contributed by atoms with Crippen LogP contribution in [0.4, 0.5) is 11.7 Å². The number of nitrogens with zero attached hydrogens (tertiary/aromatic N) is 4. The molecular weight excluding hydrogens is 274 g/mol. The maximum absolute atomic E-state index is 10.5. The number of hydrazone groups is 1. The second-order valence-electron chi connectivity index (χ2n) is 4.08. The van der Waals surface area contributed by atoms with E-state index in [4.69, 9.17) is 4.42 Å². The van der Waals surface area contributed by atoms with E-state index in [1.165, 1.54) is 18.3 Å². The molecule has 0 unspecified atom stereocenters. The van der Waals surface area contributed by atoms with E-state index in [1.807, 2.05) is 24.3 Å². The topological polar surface area (TPSA) is 106 Å². The van der Waals surface area contributed by atoms with E-state index >= 15 is 0 Å². The molecule has 3 rings (SSSR count). The number of hydrogen-bond donors (Lipinski definition) is 1. The van der Waals surface area contributed by atoms with Gasteiger partial charge in [-0.25, -0.2) is 0 Å². The van der Waals surface area contributed by atoms with Gasteiger partial charge in [-0.3, -0.25) is 15.5 Å². The number of anilines is 1. The Morgan fingerprint density at radius 1 is 1.29 bits per heavy atom. The van der Waals surface area contributed by atoms with Crippen molar-refractivity contribution in [2.45, 2.75) is 0 Å². The van der Waals surface area contributed by atoms with Crippen LogP contribution in [0.25, 0.3) is 10.8 Å². The van der Waals surface area contributed by atoms with Crippen molar-refractivity contribution in [3.8, 4) is 0 Å². The van der Waals surface area contributed by atoms with Gasteiger partial charge < -0.3 is 4.42 Å². The number of benzene rings is 1. The summed E-state index contributed by atoms with van der Waals surface area (Å²) < 4.78 is 4.95. The van der Waals surface area contributed by atoms with Gasteiger partial charge in [-0.1, -0.05) is 24.3 Å². The minimum absolute atomic E-state index is 0.266. The molecule has 0 atom stereocenters. The van der Waals surface area contributed by atoms with Gasteiger partial charge >= 0.3 is 5.88 Å². The quantitative estimate of drug-likeness (QED) is 0.448. The molecule has 0 saturated heterocycles. The second kappa shape index (κ2) is 5.37. The molecular formula is C13H9N5O3. The Kier molecular flexibility index (Phi) is 3.26. The van der Waals surface area contributed by atoms with E-state index < -0.39 is 4.92 Å². The van der Waals surface area contributed by atoms with Gasteiger partial charge in [-0.2, -0.15) is 10.2 Å². The van der Waals surface area contributed by atoms with Gasteiger partial charge in [0.2, 0.25) is 0 Å². The number of hydrogen-bond acceptors (Lipinski definition) is 7. The van der Waals surface area contributed by atoms with Crippen molar-refractivity contribution in [1.29, 1.82) is 0 Å². The van der Waals surface area contributed by atoms with E-state index in [9.17, 15) is 10.1 Å². The molecule has 1 N–H and O–H groups in total. The molecule has 0 fully saturated rings. The van der Waals surface area contributed by atoms with Crippen LogP contribution in [-0.4, -0.2) is 21.3 Å². The maximum atomic E-state index is 10.5. The summed E-state index contributed by atoms with van der Waals surface area (Å²) >= 11 is 0. The van der Waals surface area contributed by atoms with Crippen molar-refractivity contribution in [3.63, 3.8) is 0 Å². The first-order valence-corrected chi connectivity index (χ1v) is 5.98. The third-order valence-corrected chi connectivity index (χ3v) is 2.73. The zero-order valence-electron chi connectivity index (χ0n) is 10.6. The molecule has 0 saturated carbocycles. The first-order chi connectivity index (χ1) is 10.2. The fourth-order valence-corrected chi connectivity index (χ4v) is 1.78. The highest BCUT2D eigenvalue weighted by Gasteiger charge is 2.10. The highest BCUT2D eigenvalue weighted by Crippen LogP contribution is 2.19. The van der Waals surface area contributed by atoms with E-state index in [0.29, 0.717) is 5.82 Å². The van der Waals surface area contributed by atoms with Gasteiger partial charge in [-0.05, 0) is 6.07 Å². The number of aromatic nitrogens is 2. The highest BCUT2D eigenvalue weighted by molar-refractivity contribution is 5.91. The van der Waals surface area contributed by atoms with Crippen LogP contribution in [-0.2, 0) is 0 Å². The summed E-state index contributed by atoms with van der Waals surface area (Å²) in [5, 5.41) is 24.1.